The average Bonchev–Trinajstić information content (AvgIpc) is 3.08. The number of esters is 1. The summed E-state index contributed by atoms with van der Waals surface area (Å²) >= 11 is 0. The first-order chi connectivity index (χ1) is 13.0. The van der Waals surface area contributed by atoms with Gasteiger partial charge in [0.2, 0.25) is 0 Å². The van der Waals surface area contributed by atoms with E-state index in [9.17, 15) is 9.90 Å². The molecule has 146 valence electrons. The number of methoxy groups -OCH3 is 3. The second-order valence-corrected chi connectivity index (χ2v) is 6.22. The maximum absolute atomic E-state index is 11.3. The van der Waals surface area contributed by atoms with Crippen LogP contribution in [0.3, 0.4) is 0 Å². The summed E-state index contributed by atoms with van der Waals surface area (Å²) in [5, 5.41) is 9.43. The number of rotatable bonds is 5. The summed E-state index contributed by atoms with van der Waals surface area (Å²) in [7, 11) is 4.77. The first-order valence-corrected chi connectivity index (χ1v) is 8.69. The molecule has 1 fully saturated rings. The molecule has 27 heavy (non-hydrogen) atoms. The molecule has 0 radical (unpaired) electrons. The third kappa shape index (κ3) is 5.54. The van der Waals surface area contributed by atoms with Crippen LogP contribution in [0.15, 0.2) is 36.4 Å². The van der Waals surface area contributed by atoms with Crippen molar-refractivity contribution in [3.05, 3.63) is 47.5 Å². The Labute approximate surface area is 159 Å². The Balaban J connectivity index is 0.000000208. The smallest absolute Gasteiger partial charge is 0.309 e. The number of aromatic hydroxyl groups is 1. The highest BCUT2D eigenvalue weighted by Gasteiger charge is 2.26. The summed E-state index contributed by atoms with van der Waals surface area (Å²) in [5.41, 5.74) is 2.14. The molecule has 1 atom stereocenters. The number of hydrogen-bond donors (Lipinski definition) is 1. The number of hydrogen-bond acceptors (Lipinski definition) is 6. The minimum Gasteiger partial charge on any atom is -0.504 e. The van der Waals surface area contributed by atoms with E-state index >= 15 is 0 Å². The normalized spacial score (nSPS) is 15.4. The van der Waals surface area contributed by atoms with Gasteiger partial charge in [-0.3, -0.25) is 4.79 Å². The predicted octanol–water partition coefficient (Wildman–Crippen LogP) is 3.52. The van der Waals surface area contributed by atoms with Crippen LogP contribution in [0, 0.1) is 12.8 Å². The lowest BCUT2D eigenvalue weighted by molar-refractivity contribution is -0.141. The molecule has 1 aliphatic rings. The number of phenolic OH excluding ortho intramolecular Hbond substituents is 1. The van der Waals surface area contributed by atoms with Gasteiger partial charge in [-0.05, 0) is 55.2 Å². The molecule has 2 aromatic carbocycles. The van der Waals surface area contributed by atoms with Crippen molar-refractivity contribution >= 4 is 5.97 Å². The van der Waals surface area contributed by atoms with Crippen LogP contribution in [-0.4, -0.2) is 39.0 Å². The first-order valence-electron chi connectivity index (χ1n) is 8.69. The molecule has 6 nitrogen and oxygen atoms in total. The van der Waals surface area contributed by atoms with Crippen LogP contribution < -0.4 is 14.2 Å². The highest BCUT2D eigenvalue weighted by molar-refractivity contribution is 5.74. The van der Waals surface area contributed by atoms with Crippen molar-refractivity contribution in [3.63, 3.8) is 0 Å². The molecule has 0 unspecified atom stereocenters. The van der Waals surface area contributed by atoms with Crippen molar-refractivity contribution in [2.75, 3.05) is 27.9 Å². The van der Waals surface area contributed by atoms with Gasteiger partial charge < -0.3 is 24.1 Å². The van der Waals surface area contributed by atoms with Crippen LogP contribution >= 0.6 is 0 Å². The van der Waals surface area contributed by atoms with Gasteiger partial charge in [-0.25, -0.2) is 0 Å². The van der Waals surface area contributed by atoms with E-state index in [1.54, 1.807) is 32.4 Å². The van der Waals surface area contributed by atoms with Gasteiger partial charge in [0.1, 0.15) is 0 Å². The van der Waals surface area contributed by atoms with E-state index in [1.807, 2.05) is 25.1 Å². The zero-order chi connectivity index (χ0) is 19.8. The SMILES string of the molecule is COc1cc(C[C@@H]2CCOC2=O)ccc1O.COc1ccc(C)cc1OC. The molecule has 0 saturated carbocycles. The zero-order valence-electron chi connectivity index (χ0n) is 16.2. The lowest BCUT2D eigenvalue weighted by atomic mass is 9.98. The van der Waals surface area contributed by atoms with Gasteiger partial charge >= 0.3 is 5.97 Å². The van der Waals surface area contributed by atoms with Crippen LogP contribution in [0.25, 0.3) is 0 Å². The number of ether oxygens (including phenoxy) is 4. The number of benzene rings is 2. The molecule has 0 spiro atoms. The van der Waals surface area contributed by atoms with Gasteiger partial charge in [-0.2, -0.15) is 0 Å². The Morgan fingerprint density at radius 3 is 2.30 bits per heavy atom. The van der Waals surface area contributed by atoms with E-state index < -0.39 is 0 Å². The molecular weight excluding hydrogens is 348 g/mol. The second kappa shape index (κ2) is 9.71. The van der Waals surface area contributed by atoms with Crippen molar-refractivity contribution in [1.82, 2.24) is 0 Å². The van der Waals surface area contributed by atoms with Crippen molar-refractivity contribution in [2.24, 2.45) is 5.92 Å². The van der Waals surface area contributed by atoms with Gasteiger partial charge in [0, 0.05) is 0 Å². The fourth-order valence-corrected chi connectivity index (χ4v) is 2.80. The second-order valence-electron chi connectivity index (χ2n) is 6.22. The quantitative estimate of drug-likeness (QED) is 0.807. The number of cyclic esters (lactones) is 1. The van der Waals surface area contributed by atoms with E-state index in [0.29, 0.717) is 18.8 Å². The molecule has 1 saturated heterocycles. The van der Waals surface area contributed by atoms with Crippen molar-refractivity contribution in [2.45, 2.75) is 19.8 Å². The van der Waals surface area contributed by atoms with E-state index in [0.717, 1.165) is 23.5 Å². The van der Waals surface area contributed by atoms with Gasteiger partial charge in [-0.1, -0.05) is 12.1 Å². The van der Waals surface area contributed by atoms with Crippen LogP contribution in [0.2, 0.25) is 0 Å². The van der Waals surface area contributed by atoms with Gasteiger partial charge in [-0.15, -0.1) is 0 Å². The van der Waals surface area contributed by atoms with E-state index in [-0.39, 0.29) is 17.6 Å². The summed E-state index contributed by atoms with van der Waals surface area (Å²) in [5.74, 6) is 1.91. The number of phenols is 1. The highest BCUT2D eigenvalue weighted by atomic mass is 16.5. The van der Waals surface area contributed by atoms with Gasteiger partial charge in [0.25, 0.3) is 0 Å². The monoisotopic (exact) mass is 374 g/mol. The van der Waals surface area contributed by atoms with E-state index in [1.165, 1.54) is 12.7 Å². The Morgan fingerprint density at radius 2 is 1.70 bits per heavy atom. The van der Waals surface area contributed by atoms with Crippen LogP contribution in [0.5, 0.6) is 23.0 Å². The summed E-state index contributed by atoms with van der Waals surface area (Å²) < 4.78 is 20.1. The minimum absolute atomic E-state index is 0.0609. The van der Waals surface area contributed by atoms with Crippen molar-refractivity contribution in [3.8, 4) is 23.0 Å². The Bertz CT molecular complexity index is 771. The van der Waals surface area contributed by atoms with Crippen LogP contribution in [0.4, 0.5) is 0 Å². The van der Waals surface area contributed by atoms with E-state index in [4.69, 9.17) is 18.9 Å². The number of carbonyl (C=O) groups is 1. The fraction of sp³-hybridized carbons (Fsp3) is 0.381. The summed E-state index contributed by atoms with van der Waals surface area (Å²) in [6.07, 6.45) is 1.40. The zero-order valence-corrected chi connectivity index (χ0v) is 16.2. The van der Waals surface area contributed by atoms with Gasteiger partial charge in [0.15, 0.2) is 23.0 Å². The minimum atomic E-state index is -0.132. The molecule has 0 bridgehead atoms. The Kier molecular flexibility index (Phi) is 7.34. The average molecular weight is 374 g/mol. The number of aryl methyl sites for hydroxylation is 1. The molecule has 0 amide bonds. The summed E-state index contributed by atoms with van der Waals surface area (Å²) in [6.45, 7) is 2.53. The van der Waals surface area contributed by atoms with Gasteiger partial charge in [0.05, 0.1) is 33.9 Å². The molecule has 1 N–H and O–H groups in total. The molecular formula is C21H26O6. The molecule has 1 heterocycles. The topological polar surface area (TPSA) is 74.2 Å². The maximum Gasteiger partial charge on any atom is 0.309 e. The van der Waals surface area contributed by atoms with Crippen molar-refractivity contribution in [1.29, 1.82) is 0 Å². The summed E-state index contributed by atoms with van der Waals surface area (Å²) in [6, 6.07) is 11.0. The predicted molar refractivity (Wildman–Crippen MR) is 102 cm³/mol. The summed E-state index contributed by atoms with van der Waals surface area (Å²) in [4.78, 5) is 11.3. The largest absolute Gasteiger partial charge is 0.504 e. The Hall–Kier alpha value is -2.89. The molecule has 3 rings (SSSR count). The molecule has 6 heteroatoms. The Morgan fingerprint density at radius 1 is 1.00 bits per heavy atom. The molecule has 1 aliphatic heterocycles. The third-order valence-corrected chi connectivity index (χ3v) is 4.31. The number of carbonyl (C=O) groups excluding carboxylic acids is 1. The van der Waals surface area contributed by atoms with E-state index in [2.05, 4.69) is 0 Å². The van der Waals surface area contributed by atoms with Crippen molar-refractivity contribution < 1.29 is 28.8 Å². The molecule has 0 aliphatic carbocycles. The maximum atomic E-state index is 11.3. The lowest BCUT2D eigenvalue weighted by Crippen LogP contribution is -2.10. The standard InChI is InChI=1S/C12H14O4.C9H12O2/c1-15-11-7-8(2-3-10(11)13)6-9-4-5-16-12(9)14;1-7-4-5-8(10-2)9(6-7)11-3/h2-3,7,9,13H,4-6H2,1H3;4-6H,1-3H3/t9-;/m0./s1. The fourth-order valence-electron chi connectivity index (χ4n) is 2.80. The van der Waals surface area contributed by atoms with Crippen LogP contribution in [0.1, 0.15) is 17.5 Å². The third-order valence-electron chi connectivity index (χ3n) is 4.31. The highest BCUT2D eigenvalue weighted by Crippen LogP contribution is 2.29. The first kappa shape index (κ1) is 20.4. The van der Waals surface area contributed by atoms with Crippen LogP contribution in [-0.2, 0) is 16.0 Å². The molecule has 2 aromatic rings. The molecule has 0 aromatic heterocycles. The lowest BCUT2D eigenvalue weighted by Gasteiger charge is -2.08.